The van der Waals surface area contributed by atoms with Gasteiger partial charge in [0.2, 0.25) is 0 Å². The van der Waals surface area contributed by atoms with Crippen molar-refractivity contribution in [2.24, 2.45) is 0 Å². The SMILES string of the molecule is OC1CCCCCCC2(CC1)OCCO2. The Morgan fingerprint density at radius 3 is 2.40 bits per heavy atom. The Kier molecular flexibility index (Phi) is 4.00. The summed E-state index contributed by atoms with van der Waals surface area (Å²) in [4.78, 5) is 0. The highest BCUT2D eigenvalue weighted by atomic mass is 16.7. The maximum Gasteiger partial charge on any atom is 0.168 e. The molecule has 0 amide bonds. The minimum Gasteiger partial charge on any atom is -0.393 e. The molecular formula is C12H22O3. The smallest absolute Gasteiger partial charge is 0.168 e. The van der Waals surface area contributed by atoms with Crippen molar-refractivity contribution in [2.75, 3.05) is 13.2 Å². The van der Waals surface area contributed by atoms with Crippen LogP contribution in [0.15, 0.2) is 0 Å². The molecule has 3 heteroatoms. The molecule has 1 unspecified atom stereocenters. The lowest BCUT2D eigenvalue weighted by Gasteiger charge is -2.29. The van der Waals surface area contributed by atoms with E-state index in [0.29, 0.717) is 0 Å². The number of aliphatic hydroxyl groups excluding tert-OH is 1. The number of hydrogen-bond acceptors (Lipinski definition) is 3. The zero-order valence-corrected chi connectivity index (χ0v) is 9.41. The molecule has 3 nitrogen and oxygen atoms in total. The second-order valence-corrected chi connectivity index (χ2v) is 4.75. The van der Waals surface area contributed by atoms with E-state index in [0.717, 1.165) is 45.3 Å². The van der Waals surface area contributed by atoms with Gasteiger partial charge in [0.1, 0.15) is 0 Å². The Morgan fingerprint density at radius 1 is 0.867 bits per heavy atom. The minimum atomic E-state index is -0.349. The molecule has 1 aliphatic heterocycles. The van der Waals surface area contributed by atoms with E-state index in [-0.39, 0.29) is 11.9 Å². The molecule has 1 saturated heterocycles. The average Bonchev–Trinajstić information content (AvgIpc) is 2.70. The van der Waals surface area contributed by atoms with Crippen LogP contribution >= 0.6 is 0 Å². The molecule has 0 aromatic carbocycles. The largest absolute Gasteiger partial charge is 0.393 e. The fraction of sp³-hybridized carbons (Fsp3) is 1.00. The van der Waals surface area contributed by atoms with Crippen LogP contribution in [0.2, 0.25) is 0 Å². The van der Waals surface area contributed by atoms with Crippen molar-refractivity contribution in [2.45, 2.75) is 63.3 Å². The molecule has 2 aliphatic rings. The van der Waals surface area contributed by atoms with E-state index >= 15 is 0 Å². The molecular weight excluding hydrogens is 192 g/mol. The third-order valence-corrected chi connectivity index (χ3v) is 3.52. The van der Waals surface area contributed by atoms with Crippen molar-refractivity contribution in [3.63, 3.8) is 0 Å². The maximum absolute atomic E-state index is 9.76. The van der Waals surface area contributed by atoms with Crippen LogP contribution in [0.4, 0.5) is 0 Å². The molecule has 15 heavy (non-hydrogen) atoms. The first kappa shape index (κ1) is 11.4. The lowest BCUT2D eigenvalue weighted by molar-refractivity contribution is -0.172. The van der Waals surface area contributed by atoms with E-state index in [9.17, 15) is 5.11 Å². The van der Waals surface area contributed by atoms with Gasteiger partial charge in [0, 0.05) is 12.8 Å². The minimum absolute atomic E-state index is 0.159. The normalized spacial score (nSPS) is 33.0. The van der Waals surface area contributed by atoms with Crippen LogP contribution in [0.25, 0.3) is 0 Å². The lowest BCUT2D eigenvalue weighted by atomic mass is 9.95. The fourth-order valence-corrected chi connectivity index (χ4v) is 2.57. The molecule has 1 saturated carbocycles. The summed E-state index contributed by atoms with van der Waals surface area (Å²) in [6.07, 6.45) is 8.28. The molecule has 1 atom stereocenters. The second-order valence-electron chi connectivity index (χ2n) is 4.75. The quantitative estimate of drug-likeness (QED) is 0.672. The van der Waals surface area contributed by atoms with Crippen LogP contribution in [-0.2, 0) is 9.47 Å². The standard InChI is InChI=1S/C12H22O3/c13-11-5-3-1-2-4-7-12(8-6-11)14-9-10-15-12/h11,13H,1-10H2. The van der Waals surface area contributed by atoms with Crippen molar-refractivity contribution < 1.29 is 14.6 Å². The first-order chi connectivity index (χ1) is 7.31. The van der Waals surface area contributed by atoms with Crippen molar-refractivity contribution in [3.05, 3.63) is 0 Å². The molecule has 1 N–H and O–H groups in total. The Morgan fingerprint density at radius 2 is 1.60 bits per heavy atom. The molecule has 0 bridgehead atoms. The summed E-state index contributed by atoms with van der Waals surface area (Å²) in [7, 11) is 0. The van der Waals surface area contributed by atoms with Gasteiger partial charge >= 0.3 is 0 Å². The molecule has 1 aliphatic carbocycles. The third-order valence-electron chi connectivity index (χ3n) is 3.52. The Hall–Kier alpha value is -0.120. The van der Waals surface area contributed by atoms with Crippen LogP contribution in [0.1, 0.15) is 51.4 Å². The molecule has 1 heterocycles. The van der Waals surface area contributed by atoms with Crippen molar-refractivity contribution in [1.82, 2.24) is 0 Å². The third kappa shape index (κ3) is 3.16. The van der Waals surface area contributed by atoms with E-state index < -0.39 is 0 Å². The van der Waals surface area contributed by atoms with Crippen LogP contribution in [0.5, 0.6) is 0 Å². The van der Waals surface area contributed by atoms with Gasteiger partial charge in [0.05, 0.1) is 19.3 Å². The highest BCUT2D eigenvalue weighted by Crippen LogP contribution is 2.32. The number of rotatable bonds is 0. The van der Waals surface area contributed by atoms with Crippen molar-refractivity contribution in [1.29, 1.82) is 0 Å². The second kappa shape index (κ2) is 5.28. The predicted molar refractivity (Wildman–Crippen MR) is 57.6 cm³/mol. The topological polar surface area (TPSA) is 38.7 Å². The van der Waals surface area contributed by atoms with E-state index in [2.05, 4.69) is 0 Å². The molecule has 2 rings (SSSR count). The lowest BCUT2D eigenvalue weighted by Crippen LogP contribution is -2.31. The van der Waals surface area contributed by atoms with Crippen molar-refractivity contribution >= 4 is 0 Å². The molecule has 0 aromatic rings. The van der Waals surface area contributed by atoms with E-state index in [1.165, 1.54) is 19.3 Å². The van der Waals surface area contributed by atoms with Crippen LogP contribution in [-0.4, -0.2) is 30.2 Å². The first-order valence-electron chi connectivity index (χ1n) is 6.27. The van der Waals surface area contributed by atoms with Gasteiger partial charge in [-0.05, 0) is 19.3 Å². The summed E-state index contributed by atoms with van der Waals surface area (Å²) in [5, 5.41) is 9.76. The van der Waals surface area contributed by atoms with Crippen molar-refractivity contribution in [3.8, 4) is 0 Å². The molecule has 88 valence electrons. The number of hydrogen-bond donors (Lipinski definition) is 1. The Bertz CT molecular complexity index is 187. The van der Waals surface area contributed by atoms with Gasteiger partial charge in [0.15, 0.2) is 5.79 Å². The number of ether oxygens (including phenoxy) is 2. The van der Waals surface area contributed by atoms with Crippen LogP contribution < -0.4 is 0 Å². The van der Waals surface area contributed by atoms with Gasteiger partial charge in [-0.15, -0.1) is 0 Å². The summed E-state index contributed by atoms with van der Waals surface area (Å²) in [5.74, 6) is -0.349. The van der Waals surface area contributed by atoms with E-state index in [1.54, 1.807) is 0 Å². The van der Waals surface area contributed by atoms with Gasteiger partial charge in [-0.3, -0.25) is 0 Å². The van der Waals surface area contributed by atoms with Crippen LogP contribution in [0.3, 0.4) is 0 Å². The van der Waals surface area contributed by atoms with E-state index in [4.69, 9.17) is 9.47 Å². The molecule has 0 aromatic heterocycles. The van der Waals surface area contributed by atoms with E-state index in [1.807, 2.05) is 0 Å². The average molecular weight is 214 g/mol. The Labute approximate surface area is 91.8 Å². The summed E-state index contributed by atoms with van der Waals surface area (Å²) < 4.78 is 11.5. The summed E-state index contributed by atoms with van der Waals surface area (Å²) in [5.41, 5.74) is 0. The Balaban J connectivity index is 1.90. The zero-order chi connectivity index (χ0) is 10.6. The summed E-state index contributed by atoms with van der Waals surface area (Å²) in [6.45, 7) is 1.44. The monoisotopic (exact) mass is 214 g/mol. The van der Waals surface area contributed by atoms with Gasteiger partial charge in [-0.25, -0.2) is 0 Å². The van der Waals surface area contributed by atoms with Gasteiger partial charge < -0.3 is 14.6 Å². The number of aliphatic hydroxyl groups is 1. The summed E-state index contributed by atoms with van der Waals surface area (Å²) in [6, 6.07) is 0. The first-order valence-corrected chi connectivity index (χ1v) is 6.27. The zero-order valence-electron chi connectivity index (χ0n) is 9.41. The predicted octanol–water partition coefficient (Wildman–Crippen LogP) is 2.22. The molecule has 0 radical (unpaired) electrons. The molecule has 1 spiro atoms. The maximum atomic E-state index is 9.76. The van der Waals surface area contributed by atoms with Gasteiger partial charge in [-0.1, -0.05) is 19.3 Å². The summed E-state index contributed by atoms with van der Waals surface area (Å²) >= 11 is 0. The van der Waals surface area contributed by atoms with Gasteiger partial charge in [-0.2, -0.15) is 0 Å². The highest BCUT2D eigenvalue weighted by molar-refractivity contribution is 4.77. The fourth-order valence-electron chi connectivity index (χ4n) is 2.57. The molecule has 2 fully saturated rings. The van der Waals surface area contributed by atoms with Crippen LogP contribution in [0, 0.1) is 0 Å². The van der Waals surface area contributed by atoms with Gasteiger partial charge in [0.25, 0.3) is 0 Å². The highest BCUT2D eigenvalue weighted by Gasteiger charge is 2.36.